The predicted molar refractivity (Wildman–Crippen MR) is 135 cm³/mol. The lowest BCUT2D eigenvalue weighted by Crippen LogP contribution is -2.55. The minimum atomic E-state index is -1.13. The summed E-state index contributed by atoms with van der Waals surface area (Å²) in [7, 11) is 4.71. The molecule has 0 spiro atoms. The fourth-order valence-corrected chi connectivity index (χ4v) is 5.03. The zero-order valence-electron chi connectivity index (χ0n) is 23.0. The van der Waals surface area contributed by atoms with Gasteiger partial charge in [-0.15, -0.1) is 0 Å². The number of likely N-dealkylation sites (N-methyl/N-ethyl adjacent to an activating group) is 1. The third-order valence-corrected chi connectivity index (χ3v) is 7.38. The highest BCUT2D eigenvalue weighted by Crippen LogP contribution is 2.29. The van der Waals surface area contributed by atoms with E-state index < -0.39 is 42.1 Å². The van der Waals surface area contributed by atoms with Gasteiger partial charge in [-0.1, -0.05) is 27.2 Å². The molecule has 1 aliphatic rings. The minimum Gasteiger partial charge on any atom is -0.480 e. The van der Waals surface area contributed by atoms with Crippen molar-refractivity contribution in [3.63, 3.8) is 0 Å². The molecule has 11 nitrogen and oxygen atoms in total. The van der Waals surface area contributed by atoms with E-state index in [0.717, 1.165) is 12.8 Å². The molecule has 0 aromatic carbocycles. The van der Waals surface area contributed by atoms with Crippen molar-refractivity contribution >= 4 is 23.7 Å². The largest absolute Gasteiger partial charge is 0.480 e. The van der Waals surface area contributed by atoms with Crippen LogP contribution in [0.15, 0.2) is 0 Å². The van der Waals surface area contributed by atoms with Crippen molar-refractivity contribution in [2.75, 3.05) is 27.8 Å². The van der Waals surface area contributed by atoms with Gasteiger partial charge in [-0.05, 0) is 32.6 Å². The number of hydrogen-bond donors (Lipinski definition) is 3. The van der Waals surface area contributed by atoms with Crippen LogP contribution in [-0.2, 0) is 28.7 Å². The van der Waals surface area contributed by atoms with Gasteiger partial charge in [-0.2, -0.15) is 0 Å². The van der Waals surface area contributed by atoms with Gasteiger partial charge >= 0.3 is 5.97 Å². The maximum absolute atomic E-state index is 13.5. The Balaban J connectivity index is 3.08. The van der Waals surface area contributed by atoms with Gasteiger partial charge in [0, 0.05) is 27.8 Å². The molecule has 0 aromatic rings. The van der Waals surface area contributed by atoms with E-state index in [2.05, 4.69) is 5.32 Å². The number of carbonyl (C=O) groups is 4. The van der Waals surface area contributed by atoms with E-state index in [-0.39, 0.29) is 36.2 Å². The second-order valence-electron chi connectivity index (χ2n) is 9.95. The molecular formula is C25H46N4O7. The summed E-state index contributed by atoms with van der Waals surface area (Å²) in [6.45, 7) is 9.25. The predicted octanol–water partition coefficient (Wildman–Crippen LogP) is 0.843. The monoisotopic (exact) mass is 514 g/mol. The van der Waals surface area contributed by atoms with E-state index >= 15 is 0 Å². The third kappa shape index (κ3) is 7.88. The Bertz CT molecular complexity index is 763. The minimum absolute atomic E-state index is 0.0611. The zero-order chi connectivity index (χ0) is 27.7. The molecule has 1 aliphatic heterocycles. The summed E-state index contributed by atoms with van der Waals surface area (Å²) >= 11 is 0. The highest BCUT2D eigenvalue weighted by atomic mass is 16.5. The first kappa shape index (κ1) is 31.8. The average molecular weight is 515 g/mol. The van der Waals surface area contributed by atoms with Crippen LogP contribution in [0.25, 0.3) is 0 Å². The van der Waals surface area contributed by atoms with Gasteiger partial charge in [-0.25, -0.2) is 0 Å². The highest BCUT2D eigenvalue weighted by Gasteiger charge is 2.42. The van der Waals surface area contributed by atoms with Crippen molar-refractivity contribution in [2.45, 2.75) is 96.7 Å². The van der Waals surface area contributed by atoms with Crippen LogP contribution in [0.5, 0.6) is 0 Å². The molecular weight excluding hydrogens is 468 g/mol. The Hall–Kier alpha value is -2.24. The van der Waals surface area contributed by atoms with Crippen molar-refractivity contribution < 1.29 is 33.8 Å². The van der Waals surface area contributed by atoms with Gasteiger partial charge in [0.1, 0.15) is 6.04 Å². The van der Waals surface area contributed by atoms with E-state index in [0.29, 0.717) is 13.0 Å². The number of carbonyl (C=O) groups excluding carboxylic acids is 3. The molecule has 0 radical (unpaired) electrons. The summed E-state index contributed by atoms with van der Waals surface area (Å²) in [6, 6.07) is -2.39. The zero-order valence-corrected chi connectivity index (χ0v) is 23.0. The number of ether oxygens (including phenoxy) is 2. The first-order chi connectivity index (χ1) is 16.8. The van der Waals surface area contributed by atoms with Gasteiger partial charge in [0.25, 0.3) is 0 Å². The Labute approximate surface area is 215 Å². The molecule has 1 fully saturated rings. The lowest BCUT2D eigenvalue weighted by Gasteiger charge is -2.39. The molecule has 0 aliphatic carbocycles. The number of nitrogens with one attached hydrogen (secondary N) is 1. The average Bonchev–Trinajstić information content (AvgIpc) is 3.32. The number of nitrogens with zero attached hydrogens (tertiary/aromatic N) is 2. The maximum Gasteiger partial charge on any atom is 0.325 e. The molecule has 0 saturated carbocycles. The number of carboxylic acids is 1. The van der Waals surface area contributed by atoms with E-state index in [1.54, 1.807) is 30.7 Å². The third-order valence-electron chi connectivity index (χ3n) is 7.38. The molecule has 1 saturated heterocycles. The Morgan fingerprint density at radius 3 is 2.22 bits per heavy atom. The molecule has 1 heterocycles. The van der Waals surface area contributed by atoms with Crippen molar-refractivity contribution in [1.29, 1.82) is 0 Å². The summed E-state index contributed by atoms with van der Waals surface area (Å²) in [5.41, 5.74) is 5.84. The van der Waals surface area contributed by atoms with Crippen LogP contribution >= 0.6 is 0 Å². The summed E-state index contributed by atoms with van der Waals surface area (Å²) in [5.74, 6) is -2.54. The number of amides is 3. The van der Waals surface area contributed by atoms with Crippen LogP contribution in [0, 0.1) is 11.8 Å². The van der Waals surface area contributed by atoms with Gasteiger partial charge in [-0.3, -0.25) is 19.2 Å². The molecule has 208 valence electrons. The maximum atomic E-state index is 13.5. The van der Waals surface area contributed by atoms with E-state index in [1.165, 1.54) is 21.1 Å². The van der Waals surface area contributed by atoms with Crippen LogP contribution in [0.3, 0.4) is 0 Å². The van der Waals surface area contributed by atoms with Crippen molar-refractivity contribution in [3.8, 4) is 0 Å². The fourth-order valence-electron chi connectivity index (χ4n) is 5.03. The highest BCUT2D eigenvalue weighted by molar-refractivity contribution is 5.85. The first-order valence-electron chi connectivity index (χ1n) is 12.7. The Morgan fingerprint density at radius 2 is 1.75 bits per heavy atom. The Kier molecular flexibility index (Phi) is 12.8. The summed E-state index contributed by atoms with van der Waals surface area (Å²) < 4.78 is 11.4. The molecule has 8 atom stereocenters. The standard InChI is InChI=1S/C25H46N4O7/c1-9-14(2)21(28(6)24(32)16(4)26)19(35-7)13-20(30)29-12-10-11-18(29)22(36-8)15(3)23(31)27-17(5)25(33)34/h14-19,21-22H,9-13,26H2,1-8H3,(H,27,31)(H,33,34)/t14?,15?,16-,17-,18?,19?,21?,22?/m0/s1. The molecule has 0 bridgehead atoms. The topological polar surface area (TPSA) is 152 Å². The molecule has 3 amide bonds. The number of carboxylic acid groups (broad SMARTS) is 1. The first-order valence-corrected chi connectivity index (χ1v) is 12.7. The summed E-state index contributed by atoms with van der Waals surface area (Å²) in [5, 5.41) is 11.6. The number of aliphatic carboxylic acids is 1. The molecule has 4 N–H and O–H groups in total. The van der Waals surface area contributed by atoms with Crippen LogP contribution in [0.4, 0.5) is 0 Å². The van der Waals surface area contributed by atoms with E-state index in [9.17, 15) is 19.2 Å². The molecule has 36 heavy (non-hydrogen) atoms. The van der Waals surface area contributed by atoms with Gasteiger partial charge < -0.3 is 35.4 Å². The van der Waals surface area contributed by atoms with E-state index in [4.69, 9.17) is 20.3 Å². The van der Waals surface area contributed by atoms with Crippen molar-refractivity contribution in [3.05, 3.63) is 0 Å². The SMILES string of the molecule is CCC(C)C(C(CC(=O)N1CCCC1C(OC)C(C)C(=O)N[C@@H](C)C(=O)O)OC)N(C)C(=O)[C@H](C)N. The quantitative estimate of drug-likeness (QED) is 0.308. The smallest absolute Gasteiger partial charge is 0.325 e. The Morgan fingerprint density at radius 1 is 1.14 bits per heavy atom. The molecule has 6 unspecified atom stereocenters. The number of hydrogen-bond acceptors (Lipinski definition) is 7. The van der Waals surface area contributed by atoms with E-state index in [1.807, 2.05) is 13.8 Å². The molecule has 0 aromatic heterocycles. The van der Waals surface area contributed by atoms with Crippen molar-refractivity contribution in [1.82, 2.24) is 15.1 Å². The van der Waals surface area contributed by atoms with Crippen LogP contribution in [0.1, 0.15) is 60.3 Å². The number of likely N-dealkylation sites (tertiary alicyclic amines) is 1. The van der Waals surface area contributed by atoms with Crippen LogP contribution in [-0.4, -0.2) is 103 Å². The lowest BCUT2D eigenvalue weighted by molar-refractivity contribution is -0.147. The van der Waals surface area contributed by atoms with Gasteiger partial charge in [0.05, 0.1) is 42.7 Å². The second-order valence-corrected chi connectivity index (χ2v) is 9.95. The van der Waals surface area contributed by atoms with Gasteiger partial charge in [0.15, 0.2) is 0 Å². The van der Waals surface area contributed by atoms with Crippen molar-refractivity contribution in [2.24, 2.45) is 17.6 Å². The second kappa shape index (κ2) is 14.5. The number of nitrogens with two attached hydrogens (primary N) is 1. The summed E-state index contributed by atoms with van der Waals surface area (Å²) in [4.78, 5) is 53.3. The van der Waals surface area contributed by atoms with Gasteiger partial charge in [0.2, 0.25) is 17.7 Å². The lowest BCUT2D eigenvalue weighted by atomic mass is 9.90. The molecule has 11 heteroatoms. The normalized spacial score (nSPS) is 21.6. The molecule has 1 rings (SSSR count). The number of rotatable bonds is 14. The fraction of sp³-hybridized carbons (Fsp3) is 0.840. The van der Waals surface area contributed by atoms with Crippen LogP contribution < -0.4 is 11.1 Å². The van der Waals surface area contributed by atoms with Crippen LogP contribution in [0.2, 0.25) is 0 Å². The number of methoxy groups -OCH3 is 2. The summed E-state index contributed by atoms with van der Waals surface area (Å²) in [6.07, 6.45) is 1.11.